The van der Waals surface area contributed by atoms with Gasteiger partial charge in [-0.1, -0.05) is 255 Å². The van der Waals surface area contributed by atoms with Gasteiger partial charge >= 0.3 is 0 Å². The molecule has 0 aliphatic heterocycles. The summed E-state index contributed by atoms with van der Waals surface area (Å²) in [7, 11) is 0. The van der Waals surface area contributed by atoms with Crippen LogP contribution in [-0.4, -0.2) is 15.0 Å². The molecule has 0 saturated heterocycles. The van der Waals surface area contributed by atoms with Gasteiger partial charge in [0, 0.05) is 44.5 Å². The van der Waals surface area contributed by atoms with Crippen LogP contribution in [0.1, 0.15) is 0 Å². The lowest BCUT2D eigenvalue weighted by Crippen LogP contribution is -2.01. The Labute approximate surface area is 386 Å². The Balaban J connectivity index is 1.09. The summed E-state index contributed by atoms with van der Waals surface area (Å²) in [5.74, 6) is 0.657. The Morgan fingerprint density at radius 2 is 0.439 bits per heavy atom. The molecule has 0 fully saturated rings. The standard InChI is InChI=1S/C63H43N3/c1-7-19-44(20-8-1)46-31-35-48(36-32-46)56-43-57(49-37-33-47(34-38-49)45-21-9-2-10-22-45)65-63(64-56)55-41-39-52(40-42-55)58-59(50-23-11-3-12-24-50)61(53-27-15-5-16-28-53)66-62(54-29-17-6-18-30-54)60(58)51-25-13-4-14-26-51/h1-43H. The molecule has 0 spiro atoms. The molecule has 2 aromatic heterocycles. The average Bonchev–Trinajstić information content (AvgIpc) is 3.42. The fourth-order valence-corrected chi connectivity index (χ4v) is 8.84. The van der Waals surface area contributed by atoms with E-state index < -0.39 is 0 Å². The first-order valence-electron chi connectivity index (χ1n) is 22.3. The van der Waals surface area contributed by atoms with Gasteiger partial charge in [0.05, 0.1) is 22.8 Å². The summed E-state index contributed by atoms with van der Waals surface area (Å²) in [6.07, 6.45) is 0. The van der Waals surface area contributed by atoms with E-state index in [0.717, 1.165) is 95.1 Å². The van der Waals surface area contributed by atoms with Crippen LogP contribution in [0.15, 0.2) is 261 Å². The van der Waals surface area contributed by atoms with Crippen LogP contribution in [0.3, 0.4) is 0 Å². The molecule has 3 heteroatoms. The van der Waals surface area contributed by atoms with Gasteiger partial charge in [0.15, 0.2) is 5.82 Å². The third-order valence-corrected chi connectivity index (χ3v) is 12.2. The molecule has 9 aromatic carbocycles. The van der Waals surface area contributed by atoms with E-state index >= 15 is 0 Å². The molecule has 0 aliphatic rings. The summed E-state index contributed by atoms with van der Waals surface area (Å²) in [5.41, 5.74) is 19.8. The number of rotatable bonds is 10. The van der Waals surface area contributed by atoms with Crippen LogP contribution in [0.4, 0.5) is 0 Å². The van der Waals surface area contributed by atoms with Gasteiger partial charge in [-0.3, -0.25) is 0 Å². The van der Waals surface area contributed by atoms with Gasteiger partial charge in [-0.25, -0.2) is 15.0 Å². The smallest absolute Gasteiger partial charge is 0.160 e. The van der Waals surface area contributed by atoms with Crippen LogP contribution < -0.4 is 0 Å². The van der Waals surface area contributed by atoms with Crippen LogP contribution in [0.25, 0.3) is 112 Å². The van der Waals surface area contributed by atoms with Crippen molar-refractivity contribution in [1.29, 1.82) is 0 Å². The van der Waals surface area contributed by atoms with Gasteiger partial charge in [0.2, 0.25) is 0 Å². The van der Waals surface area contributed by atoms with Crippen molar-refractivity contribution in [3.63, 3.8) is 0 Å². The summed E-state index contributed by atoms with van der Waals surface area (Å²) in [6.45, 7) is 0. The van der Waals surface area contributed by atoms with Crippen molar-refractivity contribution in [3.8, 4) is 112 Å². The average molecular weight is 842 g/mol. The minimum absolute atomic E-state index is 0.657. The molecule has 0 bridgehead atoms. The summed E-state index contributed by atoms with van der Waals surface area (Å²) >= 11 is 0. The van der Waals surface area contributed by atoms with E-state index in [9.17, 15) is 0 Å². The molecule has 3 nitrogen and oxygen atoms in total. The highest BCUT2D eigenvalue weighted by molar-refractivity contribution is 6.05. The van der Waals surface area contributed by atoms with Crippen LogP contribution in [0, 0.1) is 0 Å². The summed E-state index contributed by atoms with van der Waals surface area (Å²) in [6, 6.07) is 91.6. The zero-order valence-electron chi connectivity index (χ0n) is 36.2. The fraction of sp³-hybridized carbons (Fsp3) is 0. The van der Waals surface area contributed by atoms with Crippen molar-refractivity contribution in [1.82, 2.24) is 15.0 Å². The molecule has 0 atom stereocenters. The van der Waals surface area contributed by atoms with Crippen LogP contribution in [0.5, 0.6) is 0 Å². The molecule has 2 heterocycles. The summed E-state index contributed by atoms with van der Waals surface area (Å²) in [4.78, 5) is 16.2. The van der Waals surface area contributed by atoms with E-state index in [1.54, 1.807) is 0 Å². The van der Waals surface area contributed by atoms with E-state index in [1.165, 1.54) is 11.1 Å². The van der Waals surface area contributed by atoms with E-state index in [1.807, 2.05) is 12.1 Å². The maximum Gasteiger partial charge on any atom is 0.160 e. The Bertz CT molecular complexity index is 3170. The Hall–Kier alpha value is -8.79. The highest BCUT2D eigenvalue weighted by Crippen LogP contribution is 2.49. The minimum atomic E-state index is 0.657. The van der Waals surface area contributed by atoms with Gasteiger partial charge in [0.1, 0.15) is 0 Å². The Kier molecular flexibility index (Phi) is 11.0. The number of pyridine rings is 1. The lowest BCUT2D eigenvalue weighted by molar-refractivity contribution is 1.18. The number of nitrogens with zero attached hydrogens (tertiary/aromatic N) is 3. The summed E-state index contributed by atoms with van der Waals surface area (Å²) in [5, 5.41) is 0. The van der Waals surface area contributed by atoms with Crippen LogP contribution in [0.2, 0.25) is 0 Å². The number of benzene rings is 9. The molecule has 66 heavy (non-hydrogen) atoms. The molecule has 11 aromatic rings. The predicted molar refractivity (Wildman–Crippen MR) is 274 cm³/mol. The Morgan fingerprint density at radius 1 is 0.182 bits per heavy atom. The first-order valence-corrected chi connectivity index (χ1v) is 22.3. The molecule has 11 rings (SSSR count). The molecule has 0 aliphatic carbocycles. The lowest BCUT2D eigenvalue weighted by Gasteiger charge is -2.23. The third-order valence-electron chi connectivity index (χ3n) is 12.2. The first-order chi connectivity index (χ1) is 32.7. The minimum Gasteiger partial charge on any atom is -0.246 e. The third kappa shape index (κ3) is 8.14. The largest absolute Gasteiger partial charge is 0.246 e. The second kappa shape index (κ2) is 18.1. The highest BCUT2D eigenvalue weighted by Gasteiger charge is 2.25. The second-order valence-electron chi connectivity index (χ2n) is 16.3. The normalized spacial score (nSPS) is 11.0. The highest BCUT2D eigenvalue weighted by atomic mass is 14.9. The van der Waals surface area contributed by atoms with Gasteiger partial charge in [-0.2, -0.15) is 0 Å². The van der Waals surface area contributed by atoms with E-state index in [2.05, 4.69) is 249 Å². The maximum absolute atomic E-state index is 5.62. The van der Waals surface area contributed by atoms with Gasteiger partial charge in [-0.05, 0) is 45.0 Å². The lowest BCUT2D eigenvalue weighted by atomic mass is 9.83. The van der Waals surface area contributed by atoms with Crippen LogP contribution >= 0.6 is 0 Å². The van der Waals surface area contributed by atoms with Crippen molar-refractivity contribution in [2.24, 2.45) is 0 Å². The topological polar surface area (TPSA) is 38.7 Å². The molecular formula is C63H43N3. The molecule has 0 radical (unpaired) electrons. The van der Waals surface area contributed by atoms with E-state index in [0.29, 0.717) is 5.82 Å². The van der Waals surface area contributed by atoms with Crippen LogP contribution in [-0.2, 0) is 0 Å². The van der Waals surface area contributed by atoms with Crippen molar-refractivity contribution >= 4 is 0 Å². The van der Waals surface area contributed by atoms with Crippen molar-refractivity contribution in [3.05, 3.63) is 261 Å². The SMILES string of the molecule is c1ccc(-c2ccc(-c3cc(-c4ccc(-c5ccccc5)cc4)nc(-c4ccc(-c5c(-c6ccccc6)c(-c6ccccc6)nc(-c6ccccc6)c5-c5ccccc5)cc4)n3)cc2)cc1. The molecule has 0 saturated carbocycles. The maximum atomic E-state index is 5.62. The van der Waals surface area contributed by atoms with Crippen molar-refractivity contribution in [2.75, 3.05) is 0 Å². The second-order valence-corrected chi connectivity index (χ2v) is 16.3. The molecule has 310 valence electrons. The van der Waals surface area contributed by atoms with Gasteiger partial charge in [-0.15, -0.1) is 0 Å². The van der Waals surface area contributed by atoms with Gasteiger partial charge in [0.25, 0.3) is 0 Å². The van der Waals surface area contributed by atoms with Gasteiger partial charge < -0.3 is 0 Å². The van der Waals surface area contributed by atoms with Crippen molar-refractivity contribution < 1.29 is 0 Å². The molecule has 0 N–H and O–H groups in total. The molecular weight excluding hydrogens is 799 g/mol. The number of aromatic nitrogens is 3. The van der Waals surface area contributed by atoms with E-state index in [4.69, 9.17) is 15.0 Å². The predicted octanol–water partition coefficient (Wildman–Crippen LogP) is 16.5. The van der Waals surface area contributed by atoms with Crippen molar-refractivity contribution in [2.45, 2.75) is 0 Å². The Morgan fingerprint density at radius 3 is 0.803 bits per heavy atom. The number of hydrogen-bond donors (Lipinski definition) is 0. The summed E-state index contributed by atoms with van der Waals surface area (Å²) < 4.78 is 0. The molecule has 0 unspecified atom stereocenters. The first kappa shape index (κ1) is 40.0. The number of hydrogen-bond acceptors (Lipinski definition) is 3. The zero-order chi connectivity index (χ0) is 44.1. The monoisotopic (exact) mass is 841 g/mol. The van der Waals surface area contributed by atoms with E-state index in [-0.39, 0.29) is 0 Å². The fourth-order valence-electron chi connectivity index (χ4n) is 8.84. The molecule has 0 amide bonds. The quantitative estimate of drug-likeness (QED) is 0.138. The zero-order valence-corrected chi connectivity index (χ0v) is 36.2.